The highest BCUT2D eigenvalue weighted by Crippen LogP contribution is 2.43. The Morgan fingerprint density at radius 2 is 2.00 bits per heavy atom. The standard InChI is InChI=1S/C13H22N2O2/c1-17-9-13(5-2-6-13)12(16)15-7-10-3-4-11(8-15)14-10/h10-11,14H,2-9H2,1H3/t10-,11+. The number of methoxy groups -OCH3 is 1. The van der Waals surface area contributed by atoms with Gasteiger partial charge in [0.25, 0.3) is 0 Å². The lowest BCUT2D eigenvalue weighted by Crippen LogP contribution is -2.58. The van der Waals surface area contributed by atoms with Crippen LogP contribution in [-0.4, -0.2) is 49.7 Å². The first-order valence-electron chi connectivity index (χ1n) is 6.78. The molecule has 3 rings (SSSR count). The normalized spacial score (nSPS) is 34.5. The molecule has 1 saturated carbocycles. The lowest BCUT2D eigenvalue weighted by molar-refractivity contribution is -0.153. The molecule has 17 heavy (non-hydrogen) atoms. The van der Waals surface area contributed by atoms with Crippen molar-refractivity contribution in [2.24, 2.45) is 5.41 Å². The maximum Gasteiger partial charge on any atom is 0.231 e. The second-order valence-electron chi connectivity index (χ2n) is 5.91. The third kappa shape index (κ3) is 1.87. The fraction of sp³-hybridized carbons (Fsp3) is 0.923. The topological polar surface area (TPSA) is 41.6 Å². The molecule has 2 aliphatic heterocycles. The number of likely N-dealkylation sites (tertiary alicyclic amines) is 1. The fourth-order valence-corrected chi connectivity index (χ4v) is 3.60. The molecule has 0 aromatic carbocycles. The minimum absolute atomic E-state index is 0.175. The molecular weight excluding hydrogens is 216 g/mol. The van der Waals surface area contributed by atoms with Crippen molar-refractivity contribution in [1.82, 2.24) is 10.2 Å². The number of ether oxygens (including phenoxy) is 1. The van der Waals surface area contributed by atoms with Crippen molar-refractivity contribution in [3.63, 3.8) is 0 Å². The van der Waals surface area contributed by atoms with E-state index in [0.29, 0.717) is 24.6 Å². The number of rotatable bonds is 3. The van der Waals surface area contributed by atoms with Gasteiger partial charge in [0.2, 0.25) is 5.91 Å². The van der Waals surface area contributed by atoms with E-state index in [2.05, 4.69) is 10.2 Å². The van der Waals surface area contributed by atoms with Crippen molar-refractivity contribution in [3.05, 3.63) is 0 Å². The second kappa shape index (κ2) is 4.25. The van der Waals surface area contributed by atoms with E-state index in [1.54, 1.807) is 7.11 Å². The van der Waals surface area contributed by atoms with E-state index in [1.165, 1.54) is 19.3 Å². The minimum Gasteiger partial charge on any atom is -0.384 e. The van der Waals surface area contributed by atoms with Crippen LogP contribution in [0.4, 0.5) is 0 Å². The number of hydrogen-bond donors (Lipinski definition) is 1. The lowest BCUT2D eigenvalue weighted by Gasteiger charge is -2.45. The Bertz CT molecular complexity index is 303. The SMILES string of the molecule is COCC1(C(=O)N2C[C@H]3CC[C@@H](C2)N3)CCC1. The summed E-state index contributed by atoms with van der Waals surface area (Å²) in [4.78, 5) is 14.7. The molecule has 2 saturated heterocycles. The molecule has 3 fully saturated rings. The molecule has 0 aromatic rings. The van der Waals surface area contributed by atoms with Gasteiger partial charge in [-0.05, 0) is 25.7 Å². The summed E-state index contributed by atoms with van der Waals surface area (Å²) in [5.74, 6) is 0.351. The number of amides is 1. The Morgan fingerprint density at radius 1 is 1.35 bits per heavy atom. The van der Waals surface area contributed by atoms with Crippen LogP contribution in [0, 0.1) is 5.41 Å². The number of piperazine rings is 1. The number of nitrogens with zero attached hydrogens (tertiary/aromatic N) is 1. The Kier molecular flexibility index (Phi) is 2.87. The molecule has 4 nitrogen and oxygen atoms in total. The summed E-state index contributed by atoms with van der Waals surface area (Å²) >= 11 is 0. The van der Waals surface area contributed by atoms with Gasteiger partial charge in [0.05, 0.1) is 12.0 Å². The molecule has 0 aromatic heterocycles. The Balaban J connectivity index is 1.69. The maximum absolute atomic E-state index is 12.6. The van der Waals surface area contributed by atoms with Crippen LogP contribution < -0.4 is 5.32 Å². The van der Waals surface area contributed by atoms with Crippen molar-refractivity contribution in [2.75, 3.05) is 26.8 Å². The first-order chi connectivity index (χ1) is 8.23. The molecule has 4 heteroatoms. The summed E-state index contributed by atoms with van der Waals surface area (Å²) in [5, 5.41) is 3.57. The first kappa shape index (κ1) is 11.5. The molecule has 0 spiro atoms. The molecule has 3 aliphatic rings. The van der Waals surface area contributed by atoms with E-state index in [-0.39, 0.29) is 5.41 Å². The zero-order chi connectivity index (χ0) is 11.9. The predicted octanol–water partition coefficient (Wildman–Crippen LogP) is 0.766. The molecule has 1 aliphatic carbocycles. The monoisotopic (exact) mass is 238 g/mol. The van der Waals surface area contributed by atoms with Crippen molar-refractivity contribution in [1.29, 1.82) is 0 Å². The summed E-state index contributed by atoms with van der Waals surface area (Å²) in [6, 6.07) is 1.08. The van der Waals surface area contributed by atoms with Crippen molar-refractivity contribution >= 4 is 5.91 Å². The van der Waals surface area contributed by atoms with E-state index in [1.807, 2.05) is 0 Å². The highest BCUT2D eigenvalue weighted by molar-refractivity contribution is 5.84. The first-order valence-corrected chi connectivity index (χ1v) is 6.78. The Morgan fingerprint density at radius 3 is 2.47 bits per heavy atom. The molecular formula is C13H22N2O2. The van der Waals surface area contributed by atoms with Gasteiger partial charge < -0.3 is 15.0 Å². The number of carbonyl (C=O) groups excluding carboxylic acids is 1. The third-order valence-electron chi connectivity index (χ3n) is 4.69. The van der Waals surface area contributed by atoms with Gasteiger partial charge in [-0.25, -0.2) is 0 Å². The number of fused-ring (bicyclic) bond motifs is 2. The summed E-state index contributed by atoms with van der Waals surface area (Å²) in [6.45, 7) is 2.41. The fourth-order valence-electron chi connectivity index (χ4n) is 3.60. The summed E-state index contributed by atoms with van der Waals surface area (Å²) < 4.78 is 5.27. The van der Waals surface area contributed by atoms with Gasteiger partial charge in [0, 0.05) is 32.3 Å². The second-order valence-corrected chi connectivity index (χ2v) is 5.91. The number of carbonyl (C=O) groups is 1. The highest BCUT2D eigenvalue weighted by Gasteiger charge is 2.48. The van der Waals surface area contributed by atoms with Gasteiger partial charge >= 0.3 is 0 Å². The molecule has 96 valence electrons. The highest BCUT2D eigenvalue weighted by atomic mass is 16.5. The van der Waals surface area contributed by atoms with Crippen LogP contribution in [0.5, 0.6) is 0 Å². The van der Waals surface area contributed by atoms with Crippen LogP contribution >= 0.6 is 0 Å². The van der Waals surface area contributed by atoms with Gasteiger partial charge in [0.15, 0.2) is 0 Å². The molecule has 2 atom stereocenters. The van der Waals surface area contributed by atoms with Crippen LogP contribution in [0.1, 0.15) is 32.1 Å². The largest absolute Gasteiger partial charge is 0.384 e. The van der Waals surface area contributed by atoms with Gasteiger partial charge in [-0.15, -0.1) is 0 Å². The smallest absolute Gasteiger partial charge is 0.231 e. The van der Waals surface area contributed by atoms with Crippen LogP contribution in [0.3, 0.4) is 0 Å². The van der Waals surface area contributed by atoms with Gasteiger partial charge in [-0.3, -0.25) is 4.79 Å². The Hall–Kier alpha value is -0.610. The van der Waals surface area contributed by atoms with E-state index in [0.717, 1.165) is 25.9 Å². The molecule has 1 N–H and O–H groups in total. The summed E-state index contributed by atoms with van der Waals surface area (Å²) in [7, 11) is 1.70. The Labute approximate surface area is 103 Å². The average Bonchev–Trinajstić information content (AvgIpc) is 2.62. The predicted molar refractivity (Wildman–Crippen MR) is 64.7 cm³/mol. The zero-order valence-electron chi connectivity index (χ0n) is 10.6. The van der Waals surface area contributed by atoms with Crippen LogP contribution in [0.25, 0.3) is 0 Å². The molecule has 1 amide bonds. The molecule has 2 heterocycles. The maximum atomic E-state index is 12.6. The molecule has 0 unspecified atom stereocenters. The third-order valence-corrected chi connectivity index (χ3v) is 4.69. The van der Waals surface area contributed by atoms with E-state index in [9.17, 15) is 4.79 Å². The van der Waals surface area contributed by atoms with Crippen LogP contribution in [-0.2, 0) is 9.53 Å². The van der Waals surface area contributed by atoms with Crippen molar-refractivity contribution < 1.29 is 9.53 Å². The van der Waals surface area contributed by atoms with E-state index >= 15 is 0 Å². The van der Waals surface area contributed by atoms with Crippen molar-refractivity contribution in [3.8, 4) is 0 Å². The molecule has 2 bridgehead atoms. The zero-order valence-corrected chi connectivity index (χ0v) is 10.6. The number of nitrogens with one attached hydrogen (secondary N) is 1. The summed E-state index contributed by atoms with van der Waals surface area (Å²) in [6.07, 6.45) is 5.66. The van der Waals surface area contributed by atoms with Gasteiger partial charge in [-0.2, -0.15) is 0 Å². The van der Waals surface area contributed by atoms with Crippen LogP contribution in [0.2, 0.25) is 0 Å². The average molecular weight is 238 g/mol. The molecule has 0 radical (unpaired) electrons. The lowest BCUT2D eigenvalue weighted by atomic mass is 9.68. The van der Waals surface area contributed by atoms with Gasteiger partial charge in [-0.1, -0.05) is 6.42 Å². The van der Waals surface area contributed by atoms with E-state index < -0.39 is 0 Å². The van der Waals surface area contributed by atoms with Gasteiger partial charge in [0.1, 0.15) is 0 Å². The van der Waals surface area contributed by atoms with Crippen molar-refractivity contribution in [2.45, 2.75) is 44.2 Å². The number of hydrogen-bond acceptors (Lipinski definition) is 3. The van der Waals surface area contributed by atoms with E-state index in [4.69, 9.17) is 4.74 Å². The quantitative estimate of drug-likeness (QED) is 0.789. The van der Waals surface area contributed by atoms with Crippen LogP contribution in [0.15, 0.2) is 0 Å². The summed E-state index contributed by atoms with van der Waals surface area (Å²) in [5.41, 5.74) is -0.175. The minimum atomic E-state index is -0.175.